The number of halogens is 1. The lowest BCUT2D eigenvalue weighted by atomic mass is 10.1. The highest BCUT2D eigenvalue weighted by Gasteiger charge is 2.23. The first kappa shape index (κ1) is 23.0. The van der Waals surface area contributed by atoms with Crippen LogP contribution in [0.15, 0.2) is 36.4 Å². The molecule has 0 amide bonds. The quantitative estimate of drug-likeness (QED) is 0.399. The van der Waals surface area contributed by atoms with Crippen LogP contribution in [0.2, 0.25) is 5.02 Å². The number of ether oxygens (including phenoxy) is 2. The molecule has 1 saturated heterocycles. The van der Waals surface area contributed by atoms with Crippen LogP contribution in [0.25, 0.3) is 10.9 Å². The Morgan fingerprint density at radius 3 is 2.41 bits per heavy atom. The molecule has 2 heterocycles. The maximum atomic E-state index is 6.37. The van der Waals surface area contributed by atoms with E-state index in [0.717, 1.165) is 64.7 Å². The number of nitrogens with zero attached hydrogens (tertiary/aromatic N) is 4. The topological polar surface area (TPSA) is 50.7 Å². The SMILES string of the molecule is COc1cc2c(N3CCCCC3)nc(N(C)Cc3ccc(Cl)cc3)nc2cc1OC1CCCC1. The number of methoxy groups -OCH3 is 1. The summed E-state index contributed by atoms with van der Waals surface area (Å²) in [5, 5.41) is 1.76. The normalized spacial score (nSPS) is 16.7. The summed E-state index contributed by atoms with van der Waals surface area (Å²) in [5.74, 6) is 3.22. The second-order valence-electron chi connectivity index (χ2n) is 9.42. The monoisotopic (exact) mass is 480 g/mol. The van der Waals surface area contributed by atoms with E-state index in [2.05, 4.69) is 15.9 Å². The van der Waals surface area contributed by atoms with Crippen molar-refractivity contribution in [3.8, 4) is 11.5 Å². The molecular formula is C27H33ClN4O2. The van der Waals surface area contributed by atoms with Crippen LogP contribution in [0, 0.1) is 0 Å². The van der Waals surface area contributed by atoms with Crippen LogP contribution < -0.4 is 19.3 Å². The molecule has 6 nitrogen and oxygen atoms in total. The minimum Gasteiger partial charge on any atom is -0.493 e. The van der Waals surface area contributed by atoms with Crippen molar-refractivity contribution < 1.29 is 9.47 Å². The highest BCUT2D eigenvalue weighted by Crippen LogP contribution is 2.38. The lowest BCUT2D eigenvalue weighted by Gasteiger charge is -2.30. The van der Waals surface area contributed by atoms with Gasteiger partial charge in [0.2, 0.25) is 5.95 Å². The molecular weight excluding hydrogens is 448 g/mol. The minimum absolute atomic E-state index is 0.252. The van der Waals surface area contributed by atoms with Crippen LogP contribution in [-0.4, -0.2) is 43.3 Å². The smallest absolute Gasteiger partial charge is 0.227 e. The van der Waals surface area contributed by atoms with Crippen LogP contribution in [0.1, 0.15) is 50.5 Å². The lowest BCUT2D eigenvalue weighted by Crippen LogP contribution is -2.31. The summed E-state index contributed by atoms with van der Waals surface area (Å²) in [5.41, 5.74) is 2.05. The van der Waals surface area contributed by atoms with Crippen molar-refractivity contribution in [3.05, 3.63) is 47.0 Å². The molecule has 2 aromatic carbocycles. The van der Waals surface area contributed by atoms with E-state index in [4.69, 9.17) is 31.0 Å². The molecule has 1 saturated carbocycles. The molecule has 1 aliphatic heterocycles. The number of hydrogen-bond donors (Lipinski definition) is 0. The summed E-state index contributed by atoms with van der Waals surface area (Å²) in [6.07, 6.45) is 8.53. The van der Waals surface area contributed by atoms with Crippen LogP contribution in [0.4, 0.5) is 11.8 Å². The third-order valence-electron chi connectivity index (χ3n) is 6.88. The molecule has 0 atom stereocenters. The zero-order valence-corrected chi connectivity index (χ0v) is 20.9. The molecule has 2 fully saturated rings. The van der Waals surface area contributed by atoms with E-state index in [1.165, 1.54) is 32.1 Å². The molecule has 0 bridgehead atoms. The second kappa shape index (κ2) is 10.3. The van der Waals surface area contributed by atoms with Crippen LogP contribution in [-0.2, 0) is 6.54 Å². The van der Waals surface area contributed by atoms with Crippen molar-refractivity contribution in [2.75, 3.05) is 37.0 Å². The predicted molar refractivity (Wildman–Crippen MR) is 139 cm³/mol. The van der Waals surface area contributed by atoms with Crippen molar-refractivity contribution in [2.24, 2.45) is 0 Å². The van der Waals surface area contributed by atoms with Crippen molar-refractivity contribution in [1.82, 2.24) is 9.97 Å². The van der Waals surface area contributed by atoms with E-state index in [-0.39, 0.29) is 6.10 Å². The fraction of sp³-hybridized carbons (Fsp3) is 0.481. The van der Waals surface area contributed by atoms with Gasteiger partial charge in [-0.15, -0.1) is 0 Å². The number of benzene rings is 2. The molecule has 0 N–H and O–H groups in total. The third-order valence-corrected chi connectivity index (χ3v) is 7.13. The zero-order valence-electron chi connectivity index (χ0n) is 20.1. The van der Waals surface area contributed by atoms with E-state index in [1.807, 2.05) is 37.4 Å². The fourth-order valence-corrected chi connectivity index (χ4v) is 5.12. The van der Waals surface area contributed by atoms with Crippen LogP contribution >= 0.6 is 11.6 Å². The predicted octanol–water partition coefficient (Wildman–Crippen LogP) is 6.24. The molecule has 2 aliphatic rings. The molecule has 5 rings (SSSR count). The maximum absolute atomic E-state index is 6.37. The Labute approximate surface area is 206 Å². The Balaban J connectivity index is 1.55. The Morgan fingerprint density at radius 2 is 1.71 bits per heavy atom. The first-order valence-corrected chi connectivity index (χ1v) is 12.8. The second-order valence-corrected chi connectivity index (χ2v) is 9.86. The number of rotatable bonds is 7. The molecule has 7 heteroatoms. The standard InChI is InChI=1S/C27H33ClN4O2/c1-31(18-19-10-12-20(28)13-11-19)27-29-23-17-25(34-21-8-4-5-9-21)24(33-2)16-22(23)26(30-27)32-14-6-3-7-15-32/h10-13,16-17,21H,3-9,14-15,18H2,1-2H3. The van der Waals surface area contributed by atoms with E-state index in [9.17, 15) is 0 Å². The van der Waals surface area contributed by atoms with E-state index < -0.39 is 0 Å². The van der Waals surface area contributed by atoms with Crippen molar-refractivity contribution in [3.63, 3.8) is 0 Å². The zero-order chi connectivity index (χ0) is 23.5. The average Bonchev–Trinajstić information content (AvgIpc) is 3.38. The number of hydrogen-bond acceptors (Lipinski definition) is 6. The number of fused-ring (bicyclic) bond motifs is 1. The highest BCUT2D eigenvalue weighted by molar-refractivity contribution is 6.30. The van der Waals surface area contributed by atoms with Gasteiger partial charge in [0.1, 0.15) is 5.82 Å². The van der Waals surface area contributed by atoms with Crippen LogP contribution in [0.3, 0.4) is 0 Å². The van der Waals surface area contributed by atoms with E-state index >= 15 is 0 Å². The number of anilines is 2. The summed E-state index contributed by atoms with van der Waals surface area (Å²) in [6.45, 7) is 2.72. The summed E-state index contributed by atoms with van der Waals surface area (Å²) >= 11 is 6.07. The summed E-state index contributed by atoms with van der Waals surface area (Å²) < 4.78 is 12.1. The number of aromatic nitrogens is 2. The fourth-order valence-electron chi connectivity index (χ4n) is 5.00. The molecule has 3 aromatic rings. The number of piperidine rings is 1. The van der Waals surface area contributed by atoms with Crippen molar-refractivity contribution in [1.29, 1.82) is 0 Å². The Hall–Kier alpha value is -2.73. The summed E-state index contributed by atoms with van der Waals surface area (Å²) in [7, 11) is 3.74. The van der Waals surface area contributed by atoms with Gasteiger partial charge in [-0.2, -0.15) is 4.98 Å². The lowest BCUT2D eigenvalue weighted by molar-refractivity contribution is 0.201. The highest BCUT2D eigenvalue weighted by atomic mass is 35.5. The Morgan fingerprint density at radius 1 is 0.971 bits per heavy atom. The molecule has 0 spiro atoms. The van der Waals surface area contributed by atoms with Gasteiger partial charge in [-0.05, 0) is 68.7 Å². The van der Waals surface area contributed by atoms with Crippen molar-refractivity contribution >= 4 is 34.3 Å². The van der Waals surface area contributed by atoms with Gasteiger partial charge in [-0.3, -0.25) is 0 Å². The Kier molecular flexibility index (Phi) is 6.95. The van der Waals surface area contributed by atoms with Gasteiger partial charge in [0.25, 0.3) is 0 Å². The van der Waals surface area contributed by atoms with Gasteiger partial charge in [0, 0.05) is 43.2 Å². The third kappa shape index (κ3) is 5.02. The van der Waals surface area contributed by atoms with Gasteiger partial charge in [0.15, 0.2) is 11.5 Å². The maximum Gasteiger partial charge on any atom is 0.227 e. The first-order chi connectivity index (χ1) is 16.6. The minimum atomic E-state index is 0.252. The summed E-state index contributed by atoms with van der Waals surface area (Å²) in [4.78, 5) is 14.5. The summed E-state index contributed by atoms with van der Waals surface area (Å²) in [6, 6.07) is 12.0. The van der Waals surface area contributed by atoms with E-state index in [0.29, 0.717) is 12.5 Å². The van der Waals surface area contributed by atoms with Gasteiger partial charge in [-0.1, -0.05) is 23.7 Å². The van der Waals surface area contributed by atoms with Gasteiger partial charge < -0.3 is 19.3 Å². The molecule has 0 unspecified atom stereocenters. The van der Waals surface area contributed by atoms with Gasteiger partial charge in [0.05, 0.1) is 18.7 Å². The van der Waals surface area contributed by atoms with E-state index in [1.54, 1.807) is 7.11 Å². The molecule has 1 aliphatic carbocycles. The van der Waals surface area contributed by atoms with Gasteiger partial charge >= 0.3 is 0 Å². The van der Waals surface area contributed by atoms with Crippen molar-refractivity contribution in [2.45, 2.75) is 57.6 Å². The largest absolute Gasteiger partial charge is 0.493 e. The van der Waals surface area contributed by atoms with Gasteiger partial charge in [-0.25, -0.2) is 4.98 Å². The molecule has 1 aromatic heterocycles. The molecule has 180 valence electrons. The average molecular weight is 481 g/mol. The molecule has 34 heavy (non-hydrogen) atoms. The Bertz CT molecular complexity index is 1130. The molecule has 0 radical (unpaired) electrons. The first-order valence-electron chi connectivity index (χ1n) is 12.4. The van der Waals surface area contributed by atoms with Crippen LogP contribution in [0.5, 0.6) is 11.5 Å².